The second-order valence-corrected chi connectivity index (χ2v) is 6.45. The first-order chi connectivity index (χ1) is 9.51. The molecular weight excluding hydrogens is 300 g/mol. The third-order valence-electron chi connectivity index (χ3n) is 2.79. The van der Waals surface area contributed by atoms with Crippen LogP contribution in [0.3, 0.4) is 0 Å². The van der Waals surface area contributed by atoms with Crippen molar-refractivity contribution in [2.24, 2.45) is 0 Å². The van der Waals surface area contributed by atoms with Gasteiger partial charge in [-0.3, -0.25) is 9.59 Å². The Balaban J connectivity index is 2.28. The van der Waals surface area contributed by atoms with Crippen LogP contribution in [0.15, 0.2) is 4.21 Å². The molecule has 1 aliphatic heterocycles. The zero-order valence-corrected chi connectivity index (χ0v) is 13.0. The van der Waals surface area contributed by atoms with Gasteiger partial charge in [0.05, 0.1) is 17.4 Å². The fourth-order valence-corrected chi connectivity index (χ4v) is 4.56. The zero-order valence-electron chi connectivity index (χ0n) is 11.3. The maximum absolute atomic E-state index is 12.3. The van der Waals surface area contributed by atoms with Crippen LogP contribution < -0.4 is 0 Å². The number of hydrogen-bond acceptors (Lipinski definition) is 7. The van der Waals surface area contributed by atoms with Crippen LogP contribution in [0.4, 0.5) is 0 Å². The van der Waals surface area contributed by atoms with E-state index in [0.29, 0.717) is 20.2 Å². The fourth-order valence-electron chi connectivity index (χ4n) is 1.91. The second kappa shape index (κ2) is 5.97. The molecule has 0 bridgehead atoms. The Bertz CT molecular complexity index is 576. The molecule has 0 N–H and O–H groups in total. The molecule has 0 amide bonds. The molecule has 0 fully saturated rings. The molecule has 2 heterocycles. The molecule has 0 saturated heterocycles. The second-order valence-electron chi connectivity index (χ2n) is 4.05. The predicted octanol–water partition coefficient (Wildman–Crippen LogP) is 2.45. The lowest BCUT2D eigenvalue weighted by atomic mass is 10.1. The number of ketones is 1. The molecule has 0 radical (unpaired) electrons. The Hall–Kier alpha value is -1.34. The molecule has 0 saturated carbocycles. The van der Waals surface area contributed by atoms with Crippen molar-refractivity contribution in [1.82, 2.24) is 0 Å². The predicted molar refractivity (Wildman–Crippen MR) is 75.6 cm³/mol. The van der Waals surface area contributed by atoms with Gasteiger partial charge < -0.3 is 9.47 Å². The molecule has 0 spiro atoms. The standard InChI is InChI=1S/C13H14O5S2/c1-4-17-11(15)9-6(3)7-8(14)10(12(16)18-5-2)20-13(7)19-9/h10H,4-5H2,1-3H3. The number of Topliss-reactive ketones (excluding diaryl/α,β-unsaturated/α-hetero) is 1. The normalized spacial score (nSPS) is 16.9. The van der Waals surface area contributed by atoms with Crippen molar-refractivity contribution < 1.29 is 23.9 Å². The van der Waals surface area contributed by atoms with Crippen LogP contribution in [0.2, 0.25) is 0 Å². The average Bonchev–Trinajstić information content (AvgIpc) is 2.89. The van der Waals surface area contributed by atoms with Crippen LogP contribution in [0, 0.1) is 6.92 Å². The van der Waals surface area contributed by atoms with Crippen molar-refractivity contribution in [1.29, 1.82) is 0 Å². The molecule has 1 aliphatic rings. The van der Waals surface area contributed by atoms with Gasteiger partial charge in [-0.1, -0.05) is 11.8 Å². The highest BCUT2D eigenvalue weighted by Gasteiger charge is 2.42. The lowest BCUT2D eigenvalue weighted by molar-refractivity contribution is -0.141. The van der Waals surface area contributed by atoms with E-state index >= 15 is 0 Å². The fraction of sp³-hybridized carbons (Fsp3) is 0.462. The summed E-state index contributed by atoms with van der Waals surface area (Å²) in [5, 5.41) is -0.842. The van der Waals surface area contributed by atoms with Gasteiger partial charge in [0.1, 0.15) is 4.88 Å². The van der Waals surface area contributed by atoms with Gasteiger partial charge >= 0.3 is 11.9 Å². The van der Waals surface area contributed by atoms with Gasteiger partial charge in [-0.15, -0.1) is 11.3 Å². The molecule has 1 unspecified atom stereocenters. The number of thiophene rings is 1. The first-order valence-electron chi connectivity index (χ1n) is 6.19. The number of rotatable bonds is 4. The Morgan fingerprint density at radius 1 is 1.20 bits per heavy atom. The van der Waals surface area contributed by atoms with Crippen LogP contribution in [-0.4, -0.2) is 36.2 Å². The zero-order chi connectivity index (χ0) is 14.9. The number of hydrogen-bond donors (Lipinski definition) is 0. The molecule has 2 rings (SSSR count). The molecule has 1 aromatic rings. The molecule has 0 aromatic carbocycles. The maximum Gasteiger partial charge on any atom is 0.348 e. The van der Waals surface area contributed by atoms with E-state index in [4.69, 9.17) is 9.47 Å². The largest absolute Gasteiger partial charge is 0.465 e. The van der Waals surface area contributed by atoms with Gasteiger partial charge in [0, 0.05) is 5.56 Å². The summed E-state index contributed by atoms with van der Waals surface area (Å²) >= 11 is 2.35. The van der Waals surface area contributed by atoms with E-state index in [-0.39, 0.29) is 19.0 Å². The summed E-state index contributed by atoms with van der Waals surface area (Å²) in [7, 11) is 0. The number of carbonyl (C=O) groups excluding carboxylic acids is 3. The highest BCUT2D eigenvalue weighted by atomic mass is 32.2. The third-order valence-corrected chi connectivity index (χ3v) is 5.45. The minimum atomic E-state index is -0.842. The van der Waals surface area contributed by atoms with Crippen LogP contribution in [-0.2, 0) is 14.3 Å². The topological polar surface area (TPSA) is 69.7 Å². The monoisotopic (exact) mass is 314 g/mol. The summed E-state index contributed by atoms with van der Waals surface area (Å²) in [4.78, 5) is 36.2. The lowest BCUT2D eigenvalue weighted by Crippen LogP contribution is -2.25. The number of ether oxygens (including phenoxy) is 2. The highest BCUT2D eigenvalue weighted by Crippen LogP contribution is 2.45. The molecule has 0 aliphatic carbocycles. The summed E-state index contributed by atoms with van der Waals surface area (Å²) in [5.74, 6) is -1.23. The van der Waals surface area contributed by atoms with Crippen molar-refractivity contribution in [3.63, 3.8) is 0 Å². The lowest BCUT2D eigenvalue weighted by Gasteiger charge is -2.07. The number of esters is 2. The van der Waals surface area contributed by atoms with E-state index in [1.165, 1.54) is 11.3 Å². The van der Waals surface area contributed by atoms with Crippen molar-refractivity contribution in [2.45, 2.75) is 30.2 Å². The number of carbonyl (C=O) groups is 3. The Labute approximate surface area is 124 Å². The first kappa shape index (κ1) is 15.1. The first-order valence-corrected chi connectivity index (χ1v) is 7.88. The van der Waals surface area contributed by atoms with E-state index in [9.17, 15) is 14.4 Å². The Morgan fingerprint density at radius 3 is 2.40 bits per heavy atom. The van der Waals surface area contributed by atoms with Gasteiger partial charge in [-0.2, -0.15) is 0 Å². The van der Waals surface area contributed by atoms with Crippen LogP contribution in [0.1, 0.15) is 39.4 Å². The molecule has 20 heavy (non-hydrogen) atoms. The summed E-state index contributed by atoms with van der Waals surface area (Å²) < 4.78 is 10.5. The van der Waals surface area contributed by atoms with Gasteiger partial charge in [0.2, 0.25) is 0 Å². The highest BCUT2D eigenvalue weighted by molar-refractivity contribution is 8.03. The molecular formula is C13H14O5S2. The van der Waals surface area contributed by atoms with E-state index in [1.54, 1.807) is 20.8 Å². The minimum absolute atomic E-state index is 0.240. The van der Waals surface area contributed by atoms with Gasteiger partial charge in [-0.05, 0) is 26.3 Å². The summed E-state index contributed by atoms with van der Waals surface area (Å²) in [6.45, 7) is 5.65. The quantitative estimate of drug-likeness (QED) is 0.628. The molecule has 1 aromatic heterocycles. The number of fused-ring (bicyclic) bond motifs is 1. The average molecular weight is 314 g/mol. The van der Waals surface area contributed by atoms with Crippen molar-refractivity contribution in [3.05, 3.63) is 16.0 Å². The van der Waals surface area contributed by atoms with E-state index in [2.05, 4.69) is 0 Å². The third kappa shape index (κ3) is 2.47. The molecule has 5 nitrogen and oxygen atoms in total. The smallest absolute Gasteiger partial charge is 0.348 e. The van der Waals surface area contributed by atoms with Crippen molar-refractivity contribution in [2.75, 3.05) is 13.2 Å². The minimum Gasteiger partial charge on any atom is -0.465 e. The SMILES string of the molecule is CCOC(=O)c1sc2c(c1C)C(=O)C(C(=O)OCC)S2. The van der Waals surface area contributed by atoms with Crippen LogP contribution in [0.25, 0.3) is 0 Å². The molecule has 1 atom stereocenters. The van der Waals surface area contributed by atoms with Crippen molar-refractivity contribution in [3.8, 4) is 0 Å². The number of thioether (sulfide) groups is 1. The Kier molecular flexibility index (Phi) is 4.49. The Morgan fingerprint density at radius 2 is 1.85 bits per heavy atom. The van der Waals surface area contributed by atoms with Crippen molar-refractivity contribution >= 4 is 40.8 Å². The van der Waals surface area contributed by atoms with E-state index < -0.39 is 17.2 Å². The van der Waals surface area contributed by atoms with E-state index in [1.807, 2.05) is 0 Å². The van der Waals surface area contributed by atoms with Gasteiger partial charge in [0.25, 0.3) is 0 Å². The van der Waals surface area contributed by atoms with Crippen LogP contribution >= 0.6 is 23.1 Å². The summed E-state index contributed by atoms with van der Waals surface area (Å²) in [5.41, 5.74) is 1.05. The van der Waals surface area contributed by atoms with Crippen LogP contribution in [0.5, 0.6) is 0 Å². The van der Waals surface area contributed by atoms with Gasteiger partial charge in [0.15, 0.2) is 11.0 Å². The molecule has 108 valence electrons. The van der Waals surface area contributed by atoms with Gasteiger partial charge in [-0.25, -0.2) is 4.79 Å². The molecule has 7 heteroatoms. The summed E-state index contributed by atoms with van der Waals surface area (Å²) in [6.07, 6.45) is 0. The maximum atomic E-state index is 12.3. The van der Waals surface area contributed by atoms with E-state index in [0.717, 1.165) is 11.8 Å². The summed E-state index contributed by atoms with van der Waals surface area (Å²) in [6, 6.07) is 0.